The summed E-state index contributed by atoms with van der Waals surface area (Å²) in [5.41, 5.74) is 5.33. The van der Waals surface area contributed by atoms with Crippen LogP contribution in [0.2, 0.25) is 5.02 Å². The Kier molecular flexibility index (Phi) is 7.64. The van der Waals surface area contributed by atoms with E-state index in [9.17, 15) is 9.59 Å². The summed E-state index contributed by atoms with van der Waals surface area (Å²) in [6.45, 7) is 4.38. The van der Waals surface area contributed by atoms with Gasteiger partial charge < -0.3 is 25.4 Å². The number of halogens is 1. The standard InChI is InChI=1S/C27H29ClN4O4S/c1-2-12-30-26-32-22(15-37-26)18-5-3-17(4-6-18)14-31-25-19-11-13-29-16-27(20(19)7-8-21(25)28)35-23(33)9-10-24(34)36-27/h3-8,15,29,31H,2,9-14,16H2,1H3,(H,30,32). The number of benzene rings is 2. The van der Waals surface area contributed by atoms with Gasteiger partial charge >= 0.3 is 11.9 Å². The highest BCUT2D eigenvalue weighted by Crippen LogP contribution is 2.40. The minimum absolute atomic E-state index is 0.00206. The van der Waals surface area contributed by atoms with Gasteiger partial charge in [-0.25, -0.2) is 4.98 Å². The fourth-order valence-corrected chi connectivity index (χ4v) is 5.56. The van der Waals surface area contributed by atoms with Crippen LogP contribution in [0.3, 0.4) is 0 Å². The van der Waals surface area contributed by atoms with Crippen molar-refractivity contribution in [2.45, 2.75) is 44.9 Å². The molecule has 0 aliphatic carbocycles. The molecule has 10 heteroatoms. The van der Waals surface area contributed by atoms with Crippen molar-refractivity contribution in [2.75, 3.05) is 30.3 Å². The van der Waals surface area contributed by atoms with Crippen LogP contribution in [0.1, 0.15) is 42.9 Å². The number of anilines is 2. The number of hydrogen-bond donors (Lipinski definition) is 3. The maximum absolute atomic E-state index is 12.3. The number of esters is 2. The summed E-state index contributed by atoms with van der Waals surface area (Å²) in [7, 11) is 0. The topological polar surface area (TPSA) is 102 Å². The minimum atomic E-state index is -1.50. The van der Waals surface area contributed by atoms with Crippen molar-refractivity contribution in [3.8, 4) is 11.3 Å². The lowest BCUT2D eigenvalue weighted by Gasteiger charge is -2.32. The van der Waals surface area contributed by atoms with Gasteiger partial charge in [0.05, 0.1) is 35.8 Å². The van der Waals surface area contributed by atoms with Crippen LogP contribution in [-0.2, 0) is 37.8 Å². The van der Waals surface area contributed by atoms with Crippen LogP contribution >= 0.6 is 22.9 Å². The molecule has 2 aliphatic heterocycles. The molecule has 37 heavy (non-hydrogen) atoms. The van der Waals surface area contributed by atoms with Gasteiger partial charge in [-0.3, -0.25) is 9.59 Å². The Morgan fingerprint density at radius 1 is 1.05 bits per heavy atom. The third-order valence-electron chi connectivity index (χ3n) is 6.42. The number of ether oxygens (including phenoxy) is 2. The van der Waals surface area contributed by atoms with Gasteiger partial charge in [0.25, 0.3) is 5.79 Å². The molecule has 1 aromatic heterocycles. The number of rotatable bonds is 7. The number of nitrogens with zero attached hydrogens (tertiary/aromatic N) is 1. The molecule has 0 unspecified atom stereocenters. The molecule has 0 amide bonds. The number of thiazole rings is 1. The lowest BCUT2D eigenvalue weighted by Crippen LogP contribution is -2.43. The Morgan fingerprint density at radius 2 is 1.81 bits per heavy atom. The van der Waals surface area contributed by atoms with Gasteiger partial charge in [-0.15, -0.1) is 11.3 Å². The Hall–Kier alpha value is -3.14. The first-order valence-corrected chi connectivity index (χ1v) is 13.7. The Balaban J connectivity index is 1.36. The van der Waals surface area contributed by atoms with Crippen LogP contribution in [0, 0.1) is 0 Å². The summed E-state index contributed by atoms with van der Waals surface area (Å²) >= 11 is 8.24. The van der Waals surface area contributed by atoms with E-state index < -0.39 is 17.7 Å². The molecule has 0 radical (unpaired) electrons. The lowest BCUT2D eigenvalue weighted by atomic mass is 9.96. The second kappa shape index (κ2) is 11.1. The third kappa shape index (κ3) is 5.58. The number of nitrogens with one attached hydrogen (secondary N) is 3. The number of carbonyl (C=O) groups excluding carboxylic acids is 2. The van der Waals surface area contributed by atoms with Crippen LogP contribution in [0.4, 0.5) is 10.8 Å². The van der Waals surface area contributed by atoms with Crippen molar-refractivity contribution in [3.05, 3.63) is 63.5 Å². The smallest absolute Gasteiger partial charge is 0.309 e. The van der Waals surface area contributed by atoms with E-state index in [1.54, 1.807) is 23.5 Å². The SMILES string of the molecule is CCCNc1nc(-c2ccc(CNc3c(Cl)ccc4c3CCNCC43OC(=O)CCC(=O)O3)cc2)cs1. The molecule has 1 spiro atoms. The van der Waals surface area contributed by atoms with E-state index in [1.807, 2.05) is 0 Å². The minimum Gasteiger partial charge on any atom is -0.416 e. The van der Waals surface area contributed by atoms with Crippen molar-refractivity contribution >= 4 is 45.7 Å². The lowest BCUT2D eigenvalue weighted by molar-refractivity contribution is -0.225. The summed E-state index contributed by atoms with van der Waals surface area (Å²) in [5, 5.41) is 13.6. The quantitative estimate of drug-likeness (QED) is 0.357. The average Bonchev–Trinajstić information content (AvgIpc) is 3.23. The summed E-state index contributed by atoms with van der Waals surface area (Å²) in [5.74, 6) is -2.42. The highest BCUT2D eigenvalue weighted by molar-refractivity contribution is 7.14. The van der Waals surface area contributed by atoms with Crippen molar-refractivity contribution in [1.82, 2.24) is 10.3 Å². The molecule has 2 aromatic carbocycles. The van der Waals surface area contributed by atoms with Crippen LogP contribution in [0.5, 0.6) is 0 Å². The van der Waals surface area contributed by atoms with Gasteiger partial charge in [-0.2, -0.15) is 0 Å². The zero-order valence-corrected chi connectivity index (χ0v) is 22.1. The fourth-order valence-electron chi connectivity index (χ4n) is 4.57. The molecule has 194 valence electrons. The van der Waals surface area contributed by atoms with E-state index in [0.29, 0.717) is 30.1 Å². The first kappa shape index (κ1) is 25.5. The van der Waals surface area contributed by atoms with E-state index in [1.165, 1.54) is 0 Å². The van der Waals surface area contributed by atoms with Gasteiger partial charge in [0.15, 0.2) is 5.13 Å². The molecule has 0 bridgehead atoms. The molecule has 3 N–H and O–H groups in total. The second-order valence-electron chi connectivity index (χ2n) is 9.09. The van der Waals surface area contributed by atoms with Crippen LogP contribution in [0.25, 0.3) is 11.3 Å². The van der Waals surface area contributed by atoms with E-state index in [4.69, 9.17) is 21.1 Å². The van der Waals surface area contributed by atoms with Crippen molar-refractivity contribution in [3.63, 3.8) is 0 Å². The maximum Gasteiger partial charge on any atom is 0.309 e. The molecule has 1 saturated heterocycles. The Bertz CT molecular complexity index is 1280. The summed E-state index contributed by atoms with van der Waals surface area (Å²) in [4.78, 5) is 29.3. The summed E-state index contributed by atoms with van der Waals surface area (Å²) in [6, 6.07) is 11.8. The molecule has 3 heterocycles. The zero-order chi connectivity index (χ0) is 25.8. The van der Waals surface area contributed by atoms with Gasteiger partial charge in [-0.05, 0) is 42.6 Å². The van der Waals surface area contributed by atoms with Crippen molar-refractivity contribution < 1.29 is 19.1 Å². The molecule has 5 rings (SSSR count). The first-order chi connectivity index (χ1) is 18.0. The zero-order valence-electron chi connectivity index (χ0n) is 20.6. The normalized spacial score (nSPS) is 16.8. The second-order valence-corrected chi connectivity index (χ2v) is 10.4. The van der Waals surface area contributed by atoms with E-state index in [0.717, 1.165) is 46.2 Å². The molecular weight excluding hydrogens is 512 g/mol. The van der Waals surface area contributed by atoms with Crippen LogP contribution < -0.4 is 16.0 Å². The molecule has 2 aliphatic rings. The van der Waals surface area contributed by atoms with E-state index >= 15 is 0 Å². The van der Waals surface area contributed by atoms with E-state index in [2.05, 4.69) is 57.5 Å². The highest BCUT2D eigenvalue weighted by atomic mass is 35.5. The third-order valence-corrected chi connectivity index (χ3v) is 7.54. The number of aromatic nitrogens is 1. The molecule has 8 nitrogen and oxygen atoms in total. The first-order valence-electron chi connectivity index (χ1n) is 12.5. The predicted octanol–water partition coefficient (Wildman–Crippen LogP) is 5.08. The fraction of sp³-hybridized carbons (Fsp3) is 0.370. The van der Waals surface area contributed by atoms with Crippen LogP contribution in [-0.4, -0.2) is 36.6 Å². The van der Waals surface area contributed by atoms with Crippen molar-refractivity contribution in [2.24, 2.45) is 0 Å². The maximum atomic E-state index is 12.3. The van der Waals surface area contributed by atoms with Gasteiger partial charge in [0.2, 0.25) is 0 Å². The van der Waals surface area contributed by atoms with Crippen LogP contribution in [0.15, 0.2) is 41.8 Å². The van der Waals surface area contributed by atoms with E-state index in [-0.39, 0.29) is 19.4 Å². The molecular formula is C27H29ClN4O4S. The Labute approximate surface area is 224 Å². The monoisotopic (exact) mass is 540 g/mol. The predicted molar refractivity (Wildman–Crippen MR) is 145 cm³/mol. The number of hydrogen-bond acceptors (Lipinski definition) is 9. The summed E-state index contributed by atoms with van der Waals surface area (Å²) < 4.78 is 11.5. The number of fused-ring (bicyclic) bond motifs is 2. The molecule has 1 fully saturated rings. The van der Waals surface area contributed by atoms with Gasteiger partial charge in [-0.1, -0.05) is 42.8 Å². The van der Waals surface area contributed by atoms with Crippen molar-refractivity contribution in [1.29, 1.82) is 0 Å². The van der Waals surface area contributed by atoms with Gasteiger partial charge in [0.1, 0.15) is 0 Å². The largest absolute Gasteiger partial charge is 0.416 e. The number of carbonyl (C=O) groups is 2. The Morgan fingerprint density at radius 3 is 2.54 bits per heavy atom. The summed E-state index contributed by atoms with van der Waals surface area (Å²) in [6.07, 6.45) is 1.69. The highest BCUT2D eigenvalue weighted by Gasteiger charge is 2.46. The molecule has 3 aromatic rings. The van der Waals surface area contributed by atoms with Gasteiger partial charge in [0, 0.05) is 29.6 Å². The molecule has 0 saturated carbocycles. The molecule has 0 atom stereocenters. The average molecular weight is 541 g/mol.